The standard InChI is InChI=1S/C38H46N2O4/c1-39(2,27-35-29-41-37(43-35,31-17-9-5-10-18-31)32-19-11-6-12-20-32)25-26-40(3,4)28-36-30-42-38(44-36,33-21-13-7-14-22-33)34-23-15-8-16-24-34/h5-24,35-36H,25-30H2,1-4H3/q+2. The molecule has 6 nitrogen and oxygen atoms in total. The molecular weight excluding hydrogens is 548 g/mol. The van der Waals surface area contributed by atoms with Gasteiger partial charge in [0.1, 0.15) is 38.4 Å². The van der Waals surface area contributed by atoms with Gasteiger partial charge in [-0.25, -0.2) is 0 Å². The Balaban J connectivity index is 1.09. The van der Waals surface area contributed by atoms with Gasteiger partial charge in [-0.2, -0.15) is 0 Å². The molecule has 0 spiro atoms. The van der Waals surface area contributed by atoms with Crippen LogP contribution in [0.3, 0.4) is 0 Å². The van der Waals surface area contributed by atoms with Crippen molar-refractivity contribution in [2.45, 2.75) is 23.8 Å². The Morgan fingerprint density at radius 3 is 1.02 bits per heavy atom. The van der Waals surface area contributed by atoms with Crippen LogP contribution >= 0.6 is 0 Å². The highest BCUT2D eigenvalue weighted by molar-refractivity contribution is 5.35. The first-order valence-electron chi connectivity index (χ1n) is 15.7. The third kappa shape index (κ3) is 6.52. The van der Waals surface area contributed by atoms with Gasteiger partial charge in [-0.15, -0.1) is 0 Å². The van der Waals surface area contributed by atoms with Crippen molar-refractivity contribution in [1.29, 1.82) is 0 Å². The van der Waals surface area contributed by atoms with E-state index in [1.807, 2.05) is 72.8 Å². The van der Waals surface area contributed by atoms with Gasteiger partial charge in [0, 0.05) is 22.3 Å². The van der Waals surface area contributed by atoms with Crippen molar-refractivity contribution in [1.82, 2.24) is 0 Å². The molecule has 2 unspecified atom stereocenters. The molecule has 6 heteroatoms. The topological polar surface area (TPSA) is 36.9 Å². The Bertz CT molecular complexity index is 1280. The Labute approximate surface area is 262 Å². The van der Waals surface area contributed by atoms with Gasteiger partial charge in [-0.1, -0.05) is 121 Å². The average Bonchev–Trinajstić information content (AvgIpc) is 3.67. The Kier molecular flexibility index (Phi) is 8.75. The Hall–Kier alpha value is -3.36. The summed E-state index contributed by atoms with van der Waals surface area (Å²) in [5.41, 5.74) is 4.10. The second kappa shape index (κ2) is 12.6. The van der Waals surface area contributed by atoms with Crippen LogP contribution in [0.2, 0.25) is 0 Å². The van der Waals surface area contributed by atoms with Crippen LogP contribution in [0, 0.1) is 0 Å². The average molecular weight is 595 g/mol. The maximum Gasteiger partial charge on any atom is 0.222 e. The highest BCUT2D eigenvalue weighted by Gasteiger charge is 2.48. The van der Waals surface area contributed by atoms with E-state index in [2.05, 4.69) is 76.7 Å². The first-order valence-corrected chi connectivity index (χ1v) is 15.7. The van der Waals surface area contributed by atoms with Crippen LogP contribution in [0.25, 0.3) is 0 Å². The molecule has 2 heterocycles. The summed E-state index contributed by atoms with van der Waals surface area (Å²) in [5.74, 6) is -1.77. The number of benzene rings is 4. The maximum atomic E-state index is 6.82. The molecule has 4 aromatic rings. The molecule has 230 valence electrons. The molecule has 0 aliphatic carbocycles. The minimum atomic E-state index is -0.883. The third-order valence-electron chi connectivity index (χ3n) is 8.93. The van der Waals surface area contributed by atoms with E-state index in [1.54, 1.807) is 0 Å². The van der Waals surface area contributed by atoms with Crippen molar-refractivity contribution < 1.29 is 27.9 Å². The first kappa shape index (κ1) is 30.7. The van der Waals surface area contributed by atoms with Crippen molar-refractivity contribution in [2.75, 3.05) is 67.6 Å². The fourth-order valence-electron chi connectivity index (χ4n) is 6.60. The molecule has 6 rings (SSSR count). The minimum absolute atomic E-state index is 0.0232. The molecule has 4 aromatic carbocycles. The second-order valence-electron chi connectivity index (χ2n) is 13.5. The molecule has 0 saturated carbocycles. The zero-order valence-corrected chi connectivity index (χ0v) is 26.5. The van der Waals surface area contributed by atoms with Crippen LogP contribution in [-0.2, 0) is 30.5 Å². The predicted molar refractivity (Wildman–Crippen MR) is 173 cm³/mol. The number of likely N-dealkylation sites (N-methyl/N-ethyl adjacent to an activating group) is 2. The summed E-state index contributed by atoms with van der Waals surface area (Å²) in [7, 11) is 9.16. The largest absolute Gasteiger partial charge is 0.339 e. The van der Waals surface area contributed by atoms with Gasteiger partial charge in [0.25, 0.3) is 0 Å². The van der Waals surface area contributed by atoms with Crippen molar-refractivity contribution in [3.8, 4) is 0 Å². The number of rotatable bonds is 11. The highest BCUT2D eigenvalue weighted by atomic mass is 16.8. The highest BCUT2D eigenvalue weighted by Crippen LogP contribution is 2.42. The van der Waals surface area contributed by atoms with Gasteiger partial charge in [0.2, 0.25) is 11.6 Å². The van der Waals surface area contributed by atoms with E-state index in [1.165, 1.54) is 0 Å². The lowest BCUT2D eigenvalue weighted by Gasteiger charge is -2.38. The molecule has 2 atom stereocenters. The van der Waals surface area contributed by atoms with E-state index in [0.717, 1.165) is 57.4 Å². The summed E-state index contributed by atoms with van der Waals surface area (Å²) in [6.45, 7) is 4.81. The summed E-state index contributed by atoms with van der Waals surface area (Å²) in [4.78, 5) is 0. The fourth-order valence-corrected chi connectivity index (χ4v) is 6.60. The van der Waals surface area contributed by atoms with Crippen LogP contribution in [0.1, 0.15) is 22.3 Å². The van der Waals surface area contributed by atoms with Gasteiger partial charge in [-0.05, 0) is 0 Å². The lowest BCUT2D eigenvalue weighted by atomic mass is 9.97. The van der Waals surface area contributed by atoms with Crippen LogP contribution in [0.5, 0.6) is 0 Å². The molecule has 0 amide bonds. The SMILES string of the molecule is C[N+](C)(CC[N+](C)(C)CC1COC(c2ccccc2)(c2ccccc2)O1)CC1COC(c2ccccc2)(c2ccccc2)O1. The fraction of sp³-hybridized carbons (Fsp3) is 0.368. The van der Waals surface area contributed by atoms with Gasteiger partial charge in [-0.3, -0.25) is 0 Å². The smallest absolute Gasteiger partial charge is 0.222 e. The molecule has 0 aromatic heterocycles. The first-order chi connectivity index (χ1) is 21.2. The van der Waals surface area contributed by atoms with Crippen LogP contribution in [0.15, 0.2) is 121 Å². The Morgan fingerprint density at radius 1 is 0.477 bits per heavy atom. The second-order valence-corrected chi connectivity index (χ2v) is 13.5. The predicted octanol–water partition coefficient (Wildman–Crippen LogP) is 5.77. The monoisotopic (exact) mass is 594 g/mol. The summed E-state index contributed by atoms with van der Waals surface area (Å²) < 4.78 is 28.4. The zero-order chi connectivity index (χ0) is 30.7. The lowest BCUT2D eigenvalue weighted by Crippen LogP contribution is -2.55. The zero-order valence-electron chi connectivity index (χ0n) is 26.5. The lowest BCUT2D eigenvalue weighted by molar-refractivity contribution is -0.948. The minimum Gasteiger partial charge on any atom is -0.339 e. The van der Waals surface area contributed by atoms with E-state index in [0.29, 0.717) is 13.2 Å². The summed E-state index contributed by atoms with van der Waals surface area (Å²) in [5, 5.41) is 0. The van der Waals surface area contributed by atoms with Crippen molar-refractivity contribution in [3.63, 3.8) is 0 Å². The van der Waals surface area contributed by atoms with Crippen LogP contribution < -0.4 is 0 Å². The normalized spacial score (nSPS) is 21.4. The number of nitrogens with zero attached hydrogens (tertiary/aromatic N) is 2. The molecule has 2 saturated heterocycles. The van der Waals surface area contributed by atoms with Gasteiger partial charge in [0.05, 0.1) is 41.4 Å². The number of hydrogen-bond donors (Lipinski definition) is 0. The Morgan fingerprint density at radius 2 is 0.750 bits per heavy atom. The molecule has 2 aliphatic heterocycles. The van der Waals surface area contributed by atoms with E-state index >= 15 is 0 Å². The molecule has 44 heavy (non-hydrogen) atoms. The molecular formula is C38H46N2O4+2. The van der Waals surface area contributed by atoms with Crippen molar-refractivity contribution in [2.24, 2.45) is 0 Å². The van der Waals surface area contributed by atoms with E-state index < -0.39 is 11.6 Å². The van der Waals surface area contributed by atoms with Gasteiger partial charge in [0.15, 0.2) is 0 Å². The van der Waals surface area contributed by atoms with Crippen LogP contribution in [-0.4, -0.2) is 88.8 Å². The van der Waals surface area contributed by atoms with Crippen LogP contribution in [0.4, 0.5) is 0 Å². The number of quaternary nitrogens is 2. The molecule has 0 N–H and O–H groups in total. The molecule has 2 fully saturated rings. The summed E-state index contributed by atoms with van der Waals surface area (Å²) in [6.07, 6.45) is -0.0464. The van der Waals surface area contributed by atoms with E-state index in [4.69, 9.17) is 18.9 Å². The summed E-state index contributed by atoms with van der Waals surface area (Å²) in [6, 6.07) is 41.2. The summed E-state index contributed by atoms with van der Waals surface area (Å²) >= 11 is 0. The maximum absolute atomic E-state index is 6.82. The molecule has 0 radical (unpaired) electrons. The van der Waals surface area contributed by atoms with E-state index in [-0.39, 0.29) is 12.2 Å². The number of ether oxygens (including phenoxy) is 4. The van der Waals surface area contributed by atoms with Gasteiger partial charge >= 0.3 is 0 Å². The third-order valence-corrected chi connectivity index (χ3v) is 8.93. The van der Waals surface area contributed by atoms with Gasteiger partial charge < -0.3 is 27.9 Å². The number of hydrogen-bond acceptors (Lipinski definition) is 4. The van der Waals surface area contributed by atoms with Crippen molar-refractivity contribution >= 4 is 0 Å². The van der Waals surface area contributed by atoms with E-state index in [9.17, 15) is 0 Å². The molecule has 0 bridgehead atoms. The molecule has 2 aliphatic rings. The quantitative estimate of drug-likeness (QED) is 0.207. The van der Waals surface area contributed by atoms with Crippen molar-refractivity contribution in [3.05, 3.63) is 144 Å².